The van der Waals surface area contributed by atoms with E-state index in [0.29, 0.717) is 5.88 Å². The largest absolute Gasteiger partial charge is 0.130 e. The summed E-state index contributed by atoms with van der Waals surface area (Å²) in [6.45, 7) is 0. The Balaban J connectivity index is 3.01. The van der Waals surface area contributed by atoms with Crippen molar-refractivity contribution in [1.82, 2.24) is 0 Å². The number of hydrogen-bond acceptors (Lipinski definition) is 1. The van der Waals surface area contributed by atoms with Crippen molar-refractivity contribution in [2.24, 2.45) is 0 Å². The molecule has 0 N–H and O–H groups in total. The summed E-state index contributed by atoms with van der Waals surface area (Å²) in [5.41, 5.74) is 0. The standard InChI is InChI=1S/C5H3BrCl2S/c6-5-1-3(8)4(2-7)9-5/h1H,2H2. The summed E-state index contributed by atoms with van der Waals surface area (Å²) in [5, 5.41) is 0.752. The lowest BCUT2D eigenvalue weighted by Gasteiger charge is -1.83. The summed E-state index contributed by atoms with van der Waals surface area (Å²) in [6.07, 6.45) is 0. The van der Waals surface area contributed by atoms with Gasteiger partial charge in [0.15, 0.2) is 0 Å². The second kappa shape index (κ2) is 3.24. The van der Waals surface area contributed by atoms with Gasteiger partial charge in [-0.15, -0.1) is 22.9 Å². The first-order valence-corrected chi connectivity index (χ1v) is 4.76. The van der Waals surface area contributed by atoms with E-state index in [1.165, 1.54) is 0 Å². The van der Waals surface area contributed by atoms with E-state index in [9.17, 15) is 0 Å². The van der Waals surface area contributed by atoms with Gasteiger partial charge in [0.1, 0.15) is 0 Å². The summed E-state index contributed by atoms with van der Waals surface area (Å²) in [5.74, 6) is 0.495. The molecule has 1 rings (SSSR count). The van der Waals surface area contributed by atoms with Gasteiger partial charge in [0.2, 0.25) is 0 Å². The fourth-order valence-corrected chi connectivity index (χ4v) is 2.77. The van der Waals surface area contributed by atoms with Gasteiger partial charge in [0.05, 0.1) is 14.7 Å². The molecule has 0 atom stereocenters. The molecule has 1 heterocycles. The van der Waals surface area contributed by atoms with E-state index >= 15 is 0 Å². The molecule has 0 aliphatic carbocycles. The molecule has 0 radical (unpaired) electrons. The zero-order valence-corrected chi connectivity index (χ0v) is 8.24. The molecule has 1 aromatic rings. The zero-order valence-electron chi connectivity index (χ0n) is 4.33. The minimum Gasteiger partial charge on any atom is -0.130 e. The van der Waals surface area contributed by atoms with E-state index in [-0.39, 0.29) is 0 Å². The van der Waals surface area contributed by atoms with Crippen molar-refractivity contribution in [3.05, 3.63) is 19.8 Å². The van der Waals surface area contributed by atoms with Gasteiger partial charge in [0, 0.05) is 4.88 Å². The van der Waals surface area contributed by atoms with Crippen LogP contribution in [0.5, 0.6) is 0 Å². The summed E-state index contributed by atoms with van der Waals surface area (Å²) in [4.78, 5) is 1.02. The van der Waals surface area contributed by atoms with Gasteiger partial charge in [-0.05, 0) is 22.0 Å². The van der Waals surface area contributed by atoms with Crippen LogP contribution in [0.25, 0.3) is 0 Å². The van der Waals surface area contributed by atoms with Crippen molar-refractivity contribution >= 4 is 50.5 Å². The van der Waals surface area contributed by atoms with Gasteiger partial charge in [-0.25, -0.2) is 0 Å². The normalized spacial score (nSPS) is 10.1. The van der Waals surface area contributed by atoms with Gasteiger partial charge in [-0.1, -0.05) is 11.6 Å². The lowest BCUT2D eigenvalue weighted by atomic mass is 10.5. The first kappa shape index (κ1) is 7.86. The predicted molar refractivity (Wildman–Crippen MR) is 46.6 cm³/mol. The fraction of sp³-hybridized carbons (Fsp3) is 0.200. The molecule has 0 aromatic carbocycles. The highest BCUT2D eigenvalue weighted by atomic mass is 79.9. The van der Waals surface area contributed by atoms with Gasteiger partial charge in [-0.2, -0.15) is 0 Å². The highest BCUT2D eigenvalue weighted by molar-refractivity contribution is 9.11. The lowest BCUT2D eigenvalue weighted by Crippen LogP contribution is -1.64. The van der Waals surface area contributed by atoms with Crippen molar-refractivity contribution in [2.75, 3.05) is 0 Å². The van der Waals surface area contributed by atoms with Gasteiger partial charge in [0.25, 0.3) is 0 Å². The van der Waals surface area contributed by atoms with Crippen molar-refractivity contribution < 1.29 is 0 Å². The van der Waals surface area contributed by atoms with Crippen LogP contribution >= 0.6 is 50.5 Å². The van der Waals surface area contributed by atoms with Crippen LogP contribution in [0.3, 0.4) is 0 Å². The third-order valence-corrected chi connectivity index (χ3v) is 3.36. The Kier molecular flexibility index (Phi) is 2.83. The number of thiophene rings is 1. The van der Waals surface area contributed by atoms with Crippen molar-refractivity contribution in [3.8, 4) is 0 Å². The minimum atomic E-state index is 0.495. The molecule has 1 aromatic heterocycles. The summed E-state index contributed by atoms with van der Waals surface area (Å²) < 4.78 is 1.03. The van der Waals surface area contributed by atoms with Crippen molar-refractivity contribution in [2.45, 2.75) is 5.88 Å². The maximum atomic E-state index is 5.74. The second-order valence-corrected chi connectivity index (χ2v) is 4.65. The molecule has 0 unspecified atom stereocenters. The van der Waals surface area contributed by atoms with E-state index in [2.05, 4.69) is 15.9 Å². The molecule has 4 heteroatoms. The molecule has 9 heavy (non-hydrogen) atoms. The van der Waals surface area contributed by atoms with Crippen LogP contribution in [0.1, 0.15) is 4.88 Å². The van der Waals surface area contributed by atoms with Crippen LogP contribution in [0, 0.1) is 0 Å². The molecule has 0 bridgehead atoms. The van der Waals surface area contributed by atoms with Crippen LogP contribution in [0.15, 0.2) is 9.85 Å². The monoisotopic (exact) mass is 244 g/mol. The average molecular weight is 246 g/mol. The molecule has 0 saturated heterocycles. The topological polar surface area (TPSA) is 0 Å². The molecule has 50 valence electrons. The lowest BCUT2D eigenvalue weighted by molar-refractivity contribution is 1.53. The molecule has 0 aliphatic rings. The van der Waals surface area contributed by atoms with E-state index in [4.69, 9.17) is 23.2 Å². The van der Waals surface area contributed by atoms with Crippen molar-refractivity contribution in [1.29, 1.82) is 0 Å². The van der Waals surface area contributed by atoms with Gasteiger partial charge >= 0.3 is 0 Å². The molecule has 0 fully saturated rings. The average Bonchev–Trinajstić information content (AvgIpc) is 2.10. The molecule has 0 amide bonds. The number of hydrogen-bond donors (Lipinski definition) is 0. The third-order valence-electron chi connectivity index (χ3n) is 0.849. The van der Waals surface area contributed by atoms with Crippen LogP contribution in [0.4, 0.5) is 0 Å². The van der Waals surface area contributed by atoms with Crippen molar-refractivity contribution in [3.63, 3.8) is 0 Å². The van der Waals surface area contributed by atoms with Crippen LogP contribution in [0.2, 0.25) is 5.02 Å². The van der Waals surface area contributed by atoms with E-state index in [0.717, 1.165) is 13.7 Å². The molecule has 0 nitrogen and oxygen atoms in total. The Morgan fingerprint density at radius 2 is 2.33 bits per heavy atom. The summed E-state index contributed by atoms with van der Waals surface area (Å²) in [6, 6.07) is 1.85. The van der Waals surface area contributed by atoms with Gasteiger partial charge < -0.3 is 0 Å². The second-order valence-electron chi connectivity index (χ2n) is 1.46. The van der Waals surface area contributed by atoms with Crippen LogP contribution in [-0.2, 0) is 5.88 Å². The molecular formula is C5H3BrCl2S. The Morgan fingerprint density at radius 1 is 1.67 bits per heavy atom. The summed E-state index contributed by atoms with van der Waals surface area (Å²) >= 11 is 16.2. The minimum absolute atomic E-state index is 0.495. The number of halogens is 3. The predicted octanol–water partition coefficient (Wildman–Crippen LogP) is 3.90. The quantitative estimate of drug-likeness (QED) is 0.659. The molecule has 0 saturated carbocycles. The van der Waals surface area contributed by atoms with E-state index in [1.807, 2.05) is 6.07 Å². The first-order valence-electron chi connectivity index (χ1n) is 2.23. The SMILES string of the molecule is ClCc1sc(Br)cc1Cl. The maximum Gasteiger partial charge on any atom is 0.0717 e. The Labute approximate surface area is 75.9 Å². The number of alkyl halides is 1. The Bertz CT molecular complexity index is 209. The third kappa shape index (κ3) is 1.84. The Hall–Kier alpha value is 0.760. The zero-order chi connectivity index (χ0) is 6.85. The smallest absolute Gasteiger partial charge is 0.0717 e. The molecule has 0 aliphatic heterocycles. The van der Waals surface area contributed by atoms with Gasteiger partial charge in [-0.3, -0.25) is 0 Å². The first-order chi connectivity index (χ1) is 4.24. The molecular weight excluding hydrogens is 243 g/mol. The fourth-order valence-electron chi connectivity index (χ4n) is 0.467. The van der Waals surface area contributed by atoms with E-state index < -0.39 is 0 Å². The highest BCUT2D eigenvalue weighted by Gasteiger charge is 2.02. The van der Waals surface area contributed by atoms with Crippen LogP contribution in [-0.4, -0.2) is 0 Å². The number of rotatable bonds is 1. The summed E-state index contributed by atoms with van der Waals surface area (Å²) in [7, 11) is 0. The Morgan fingerprint density at radius 3 is 2.56 bits per heavy atom. The molecule has 0 spiro atoms. The highest BCUT2D eigenvalue weighted by Crippen LogP contribution is 2.31. The van der Waals surface area contributed by atoms with Crippen LogP contribution < -0.4 is 0 Å². The maximum absolute atomic E-state index is 5.74. The van der Waals surface area contributed by atoms with E-state index in [1.54, 1.807) is 11.3 Å².